The van der Waals surface area contributed by atoms with Crippen molar-refractivity contribution in [2.75, 3.05) is 9.80 Å². The molecule has 11 rings (SSSR count). The molecular weight excluding hydrogens is 697 g/mol. The lowest BCUT2D eigenvalue weighted by Crippen LogP contribution is -2.32. The normalized spacial score (nSPS) is 14.8. The van der Waals surface area contributed by atoms with Gasteiger partial charge in [-0.25, -0.2) is 0 Å². The molecule has 1 spiro atoms. The van der Waals surface area contributed by atoms with Gasteiger partial charge >= 0.3 is 0 Å². The van der Waals surface area contributed by atoms with Crippen molar-refractivity contribution in [3.8, 4) is 11.1 Å². The van der Waals surface area contributed by atoms with Crippen LogP contribution in [0.2, 0.25) is 0 Å². The van der Waals surface area contributed by atoms with E-state index < -0.39 is 5.41 Å². The first-order valence-electron chi connectivity index (χ1n) is 19.2. The Morgan fingerprint density at radius 3 is 1.29 bits per heavy atom. The summed E-state index contributed by atoms with van der Waals surface area (Å²) in [5.74, 6) is 0. The molecule has 0 fully saturated rings. The lowest BCUT2D eigenvalue weighted by Gasteiger charge is -2.40. The predicted octanol–water partition coefficient (Wildman–Crippen LogP) is 14.6. The average molecular weight is 733 g/mol. The summed E-state index contributed by atoms with van der Waals surface area (Å²) in [6, 6.07) is 79.9. The maximum Gasteiger partial charge on any atom is 0.0735 e. The molecule has 1 heterocycles. The monoisotopic (exact) mass is 732 g/mol. The first-order valence-corrected chi connectivity index (χ1v) is 20.0. The fraction of sp³-hybridized carbons (Fsp3) is 0.0189. The molecular formula is C53H36N2S. The number of anilines is 6. The van der Waals surface area contributed by atoms with E-state index in [4.69, 9.17) is 0 Å². The van der Waals surface area contributed by atoms with Crippen LogP contribution < -0.4 is 9.80 Å². The van der Waals surface area contributed by atoms with Crippen LogP contribution in [0, 0.1) is 0 Å². The Balaban J connectivity index is 1.18. The highest BCUT2D eigenvalue weighted by Gasteiger charge is 2.50. The molecule has 3 heteroatoms. The van der Waals surface area contributed by atoms with Gasteiger partial charge in [-0.05, 0) is 129 Å². The zero-order chi connectivity index (χ0) is 37.1. The molecule has 1 aliphatic heterocycles. The third-order valence-corrected chi connectivity index (χ3v) is 12.6. The van der Waals surface area contributed by atoms with E-state index in [2.05, 4.69) is 228 Å². The van der Waals surface area contributed by atoms with Gasteiger partial charge in [-0.15, -0.1) is 0 Å². The van der Waals surface area contributed by atoms with Gasteiger partial charge in [-0.1, -0.05) is 145 Å². The van der Waals surface area contributed by atoms with Crippen molar-refractivity contribution < 1.29 is 0 Å². The molecule has 0 amide bonds. The summed E-state index contributed by atoms with van der Waals surface area (Å²) >= 11 is 1.90. The van der Waals surface area contributed by atoms with Crippen LogP contribution in [-0.4, -0.2) is 0 Å². The van der Waals surface area contributed by atoms with Gasteiger partial charge < -0.3 is 9.80 Å². The number of hydrogen-bond donors (Lipinski definition) is 0. The van der Waals surface area contributed by atoms with Gasteiger partial charge in [0.15, 0.2) is 0 Å². The molecule has 9 aromatic rings. The van der Waals surface area contributed by atoms with Gasteiger partial charge in [0.1, 0.15) is 0 Å². The van der Waals surface area contributed by atoms with Crippen molar-refractivity contribution in [2.45, 2.75) is 15.2 Å². The van der Waals surface area contributed by atoms with E-state index in [0.29, 0.717) is 0 Å². The molecule has 2 nitrogen and oxygen atoms in total. The van der Waals surface area contributed by atoms with E-state index in [1.54, 1.807) is 0 Å². The minimum Gasteiger partial charge on any atom is -0.310 e. The number of hydrogen-bond acceptors (Lipinski definition) is 3. The number of benzene rings is 9. The highest BCUT2D eigenvalue weighted by atomic mass is 32.2. The van der Waals surface area contributed by atoms with Crippen molar-refractivity contribution in [1.82, 2.24) is 0 Å². The summed E-state index contributed by atoms with van der Waals surface area (Å²) in [5.41, 5.74) is 14.1. The van der Waals surface area contributed by atoms with E-state index in [9.17, 15) is 0 Å². The van der Waals surface area contributed by atoms with Crippen molar-refractivity contribution >= 4 is 56.7 Å². The summed E-state index contributed by atoms with van der Waals surface area (Å²) in [6.07, 6.45) is 0. The van der Waals surface area contributed by atoms with E-state index in [-0.39, 0.29) is 0 Å². The molecule has 0 saturated heterocycles. The molecule has 0 saturated carbocycles. The Kier molecular flexibility index (Phi) is 7.68. The largest absolute Gasteiger partial charge is 0.310 e. The summed E-state index contributed by atoms with van der Waals surface area (Å²) < 4.78 is 0. The predicted molar refractivity (Wildman–Crippen MR) is 235 cm³/mol. The molecule has 0 N–H and O–H groups in total. The highest BCUT2D eigenvalue weighted by molar-refractivity contribution is 7.99. The van der Waals surface area contributed by atoms with Crippen LogP contribution in [0.15, 0.2) is 228 Å². The van der Waals surface area contributed by atoms with Gasteiger partial charge in [-0.3, -0.25) is 0 Å². The number of fused-ring (bicyclic) bond motifs is 10. The molecule has 2 aliphatic rings. The van der Waals surface area contributed by atoms with Crippen LogP contribution >= 0.6 is 11.8 Å². The Bertz CT molecular complexity index is 2810. The standard InChI is InChI=1S/C53H36N2S/c1-5-19-39(20-6-1)54(40-21-7-2-8-22-40)43-29-31-48-46(35-43)45-27-15-16-28-47(45)53(48)49-32-30-44(55(41-23-9-3-10-24-41)42-25-11-4-12-26-42)36-52(49)56-51-34-38-18-14-13-17-37(38)33-50(51)53/h1-36H. The third-order valence-electron chi connectivity index (χ3n) is 11.4. The fourth-order valence-electron chi connectivity index (χ4n) is 9.10. The quantitative estimate of drug-likeness (QED) is 0.168. The molecule has 264 valence electrons. The summed E-state index contributed by atoms with van der Waals surface area (Å²) in [6.45, 7) is 0. The number of rotatable bonds is 6. The van der Waals surface area contributed by atoms with Gasteiger partial charge in [-0.2, -0.15) is 0 Å². The molecule has 0 aromatic heterocycles. The summed E-state index contributed by atoms with van der Waals surface area (Å²) in [4.78, 5) is 7.30. The minimum atomic E-state index is -0.516. The number of nitrogens with zero attached hydrogens (tertiary/aromatic N) is 2. The highest BCUT2D eigenvalue weighted by Crippen LogP contribution is 2.63. The minimum absolute atomic E-state index is 0.516. The second kappa shape index (κ2) is 13.2. The van der Waals surface area contributed by atoms with Crippen molar-refractivity contribution in [3.05, 3.63) is 241 Å². The van der Waals surface area contributed by atoms with Gasteiger partial charge in [0.25, 0.3) is 0 Å². The molecule has 1 aliphatic carbocycles. The van der Waals surface area contributed by atoms with Crippen LogP contribution in [0.5, 0.6) is 0 Å². The summed E-state index contributed by atoms with van der Waals surface area (Å²) in [5, 5.41) is 2.51. The maximum atomic E-state index is 2.47. The SMILES string of the molecule is c1ccc(N(c2ccccc2)c2ccc3c(c2)Sc2cc4ccccc4cc2C32c3ccccc3-c3cc(N(c4ccccc4)c4ccccc4)ccc32)cc1. The maximum absolute atomic E-state index is 2.47. The van der Waals surface area contributed by atoms with Gasteiger partial charge in [0.05, 0.1) is 5.41 Å². The molecule has 0 bridgehead atoms. The second-order valence-corrected chi connectivity index (χ2v) is 15.6. The van der Waals surface area contributed by atoms with Crippen LogP contribution in [0.25, 0.3) is 21.9 Å². The number of para-hydroxylation sites is 4. The first kappa shape index (κ1) is 32.6. The fourth-order valence-corrected chi connectivity index (χ4v) is 10.4. The lowest BCUT2D eigenvalue weighted by molar-refractivity contribution is 0.724. The Hall–Kier alpha value is -6.81. The smallest absolute Gasteiger partial charge is 0.0735 e. The van der Waals surface area contributed by atoms with Crippen molar-refractivity contribution in [2.24, 2.45) is 0 Å². The second-order valence-electron chi connectivity index (χ2n) is 14.5. The van der Waals surface area contributed by atoms with Gasteiger partial charge in [0, 0.05) is 43.9 Å². The zero-order valence-corrected chi connectivity index (χ0v) is 31.4. The van der Waals surface area contributed by atoms with Crippen LogP contribution in [-0.2, 0) is 5.41 Å². The molecule has 1 unspecified atom stereocenters. The first-order chi connectivity index (χ1) is 27.8. The Labute approximate surface area is 332 Å². The Morgan fingerprint density at radius 1 is 0.286 bits per heavy atom. The lowest BCUT2D eigenvalue weighted by atomic mass is 9.67. The van der Waals surface area contributed by atoms with E-state index in [0.717, 1.165) is 34.1 Å². The third kappa shape index (κ3) is 5.05. The Morgan fingerprint density at radius 2 is 0.714 bits per heavy atom. The molecule has 0 radical (unpaired) electrons. The topological polar surface area (TPSA) is 6.48 Å². The summed E-state index contributed by atoms with van der Waals surface area (Å²) in [7, 11) is 0. The van der Waals surface area contributed by atoms with Crippen molar-refractivity contribution in [1.29, 1.82) is 0 Å². The van der Waals surface area contributed by atoms with E-state index in [1.165, 1.54) is 53.9 Å². The van der Waals surface area contributed by atoms with Crippen LogP contribution in [0.4, 0.5) is 34.1 Å². The van der Waals surface area contributed by atoms with E-state index >= 15 is 0 Å². The van der Waals surface area contributed by atoms with E-state index in [1.807, 2.05) is 11.8 Å². The zero-order valence-electron chi connectivity index (χ0n) is 30.6. The van der Waals surface area contributed by atoms with Gasteiger partial charge in [0.2, 0.25) is 0 Å². The molecule has 9 aromatic carbocycles. The average Bonchev–Trinajstić information content (AvgIpc) is 3.55. The van der Waals surface area contributed by atoms with Crippen molar-refractivity contribution in [3.63, 3.8) is 0 Å². The molecule has 56 heavy (non-hydrogen) atoms. The molecule has 1 atom stereocenters. The van der Waals surface area contributed by atoms with Crippen LogP contribution in [0.1, 0.15) is 22.3 Å². The van der Waals surface area contributed by atoms with Crippen LogP contribution in [0.3, 0.4) is 0 Å².